The summed E-state index contributed by atoms with van der Waals surface area (Å²) in [5.41, 5.74) is 0. The number of hydrogen-bond donors (Lipinski definition) is 1. The Labute approximate surface area is 124 Å². The summed E-state index contributed by atoms with van der Waals surface area (Å²) in [6, 6.07) is -0.591. The second-order valence-electron chi connectivity index (χ2n) is 6.18. The summed E-state index contributed by atoms with van der Waals surface area (Å²) in [5, 5.41) is 2.17. The lowest BCUT2D eigenvalue weighted by molar-refractivity contribution is -0.139. The Morgan fingerprint density at radius 1 is 1.33 bits per heavy atom. The lowest BCUT2D eigenvalue weighted by Gasteiger charge is -2.26. The first-order chi connectivity index (χ1) is 9.72. The highest BCUT2D eigenvalue weighted by Gasteiger charge is 2.33. The molecule has 7 heteroatoms. The molecule has 0 aromatic carbocycles. The minimum absolute atomic E-state index is 0.129. The first-order valence-electron chi connectivity index (χ1n) is 7.26. The first-order valence-corrected chi connectivity index (χ1v) is 7.26. The number of nitrogens with one attached hydrogen (secondary N) is 1. The maximum absolute atomic E-state index is 12.5. The van der Waals surface area contributed by atoms with Gasteiger partial charge in [-0.15, -0.1) is 0 Å². The number of nitrogens with zero attached hydrogens (tertiary/aromatic N) is 2. The standard InChI is InChI=1S/C14H25F2N3O2/c1-9(2)7-11(17-13(20)12(15)16)14(21)19-6-5-10(8-19)18(3)4/h9-12H,5-8H2,1-4H3,(H,17,20)/t10?,11-/m0/s1. The predicted octanol–water partition coefficient (Wildman–Crippen LogP) is 0.945. The molecule has 5 nitrogen and oxygen atoms in total. The van der Waals surface area contributed by atoms with Gasteiger partial charge in [0.05, 0.1) is 0 Å². The largest absolute Gasteiger partial charge is 0.339 e. The lowest BCUT2D eigenvalue weighted by atomic mass is 10.0. The smallest absolute Gasteiger partial charge is 0.315 e. The molecule has 1 N–H and O–H groups in total. The van der Waals surface area contributed by atoms with Crippen LogP contribution in [0.4, 0.5) is 8.78 Å². The van der Waals surface area contributed by atoms with E-state index >= 15 is 0 Å². The SMILES string of the molecule is CC(C)C[C@H](NC(=O)C(F)F)C(=O)N1CCC(N(C)C)C1. The van der Waals surface area contributed by atoms with E-state index in [1.165, 1.54) is 0 Å². The van der Waals surface area contributed by atoms with Crippen LogP contribution < -0.4 is 5.32 Å². The van der Waals surface area contributed by atoms with E-state index in [2.05, 4.69) is 5.32 Å². The van der Waals surface area contributed by atoms with Gasteiger partial charge in [0, 0.05) is 19.1 Å². The maximum Gasteiger partial charge on any atom is 0.315 e. The molecule has 1 unspecified atom stereocenters. The molecular formula is C14H25F2N3O2. The average Bonchev–Trinajstić information content (AvgIpc) is 2.85. The third-order valence-electron chi connectivity index (χ3n) is 3.73. The van der Waals surface area contributed by atoms with Crippen LogP contribution in [-0.2, 0) is 9.59 Å². The van der Waals surface area contributed by atoms with Crippen LogP contribution in [-0.4, -0.2) is 67.3 Å². The zero-order valence-electron chi connectivity index (χ0n) is 13.1. The normalized spacial score (nSPS) is 20.4. The second kappa shape index (κ2) is 7.68. The Bertz CT molecular complexity index is 375. The third-order valence-corrected chi connectivity index (χ3v) is 3.73. The number of rotatable bonds is 6. The molecule has 2 atom stereocenters. The number of hydrogen-bond acceptors (Lipinski definition) is 3. The van der Waals surface area contributed by atoms with Crippen molar-refractivity contribution in [2.24, 2.45) is 5.92 Å². The quantitative estimate of drug-likeness (QED) is 0.795. The maximum atomic E-state index is 12.5. The zero-order valence-corrected chi connectivity index (χ0v) is 13.1. The van der Waals surface area contributed by atoms with Crippen molar-refractivity contribution in [1.82, 2.24) is 15.1 Å². The Hall–Kier alpha value is -1.24. The van der Waals surface area contributed by atoms with E-state index in [-0.39, 0.29) is 17.9 Å². The van der Waals surface area contributed by atoms with Crippen molar-refractivity contribution in [3.63, 3.8) is 0 Å². The molecule has 21 heavy (non-hydrogen) atoms. The van der Waals surface area contributed by atoms with Crippen molar-refractivity contribution >= 4 is 11.8 Å². The average molecular weight is 305 g/mol. The number of carbonyl (C=O) groups excluding carboxylic acids is 2. The van der Waals surface area contributed by atoms with E-state index < -0.39 is 18.4 Å². The lowest BCUT2D eigenvalue weighted by Crippen LogP contribution is -2.50. The fourth-order valence-electron chi connectivity index (χ4n) is 2.51. The number of likely N-dealkylation sites (tertiary alicyclic amines) is 1. The van der Waals surface area contributed by atoms with Crippen molar-refractivity contribution in [2.45, 2.75) is 45.2 Å². The number of likely N-dealkylation sites (N-methyl/N-ethyl adjacent to an activating group) is 1. The van der Waals surface area contributed by atoms with Gasteiger partial charge in [-0.25, -0.2) is 0 Å². The van der Waals surface area contributed by atoms with Crippen LogP contribution in [0, 0.1) is 5.92 Å². The van der Waals surface area contributed by atoms with Crippen molar-refractivity contribution in [3.8, 4) is 0 Å². The summed E-state index contributed by atoms with van der Waals surface area (Å²) in [4.78, 5) is 27.3. The van der Waals surface area contributed by atoms with Gasteiger partial charge in [-0.3, -0.25) is 9.59 Å². The van der Waals surface area contributed by atoms with Crippen molar-refractivity contribution in [2.75, 3.05) is 27.2 Å². The van der Waals surface area contributed by atoms with Gasteiger partial charge in [0.15, 0.2) is 0 Å². The van der Waals surface area contributed by atoms with Gasteiger partial charge >= 0.3 is 6.43 Å². The van der Waals surface area contributed by atoms with Gasteiger partial charge in [-0.2, -0.15) is 8.78 Å². The topological polar surface area (TPSA) is 52.7 Å². The van der Waals surface area contributed by atoms with Crippen molar-refractivity contribution in [3.05, 3.63) is 0 Å². The van der Waals surface area contributed by atoms with Gasteiger partial charge in [0.1, 0.15) is 6.04 Å². The van der Waals surface area contributed by atoms with E-state index in [4.69, 9.17) is 0 Å². The van der Waals surface area contributed by atoms with Crippen LogP contribution in [0.3, 0.4) is 0 Å². The van der Waals surface area contributed by atoms with Gasteiger partial charge in [0.25, 0.3) is 5.91 Å². The van der Waals surface area contributed by atoms with E-state index in [1.54, 1.807) is 4.90 Å². The molecule has 122 valence electrons. The number of alkyl halides is 2. The van der Waals surface area contributed by atoms with Crippen LogP contribution in [0.2, 0.25) is 0 Å². The predicted molar refractivity (Wildman–Crippen MR) is 76.1 cm³/mol. The van der Waals surface area contributed by atoms with Gasteiger partial charge < -0.3 is 15.1 Å². The molecule has 0 radical (unpaired) electrons. The fraction of sp³-hybridized carbons (Fsp3) is 0.857. The van der Waals surface area contributed by atoms with Gasteiger partial charge in [-0.05, 0) is 32.9 Å². The fourth-order valence-corrected chi connectivity index (χ4v) is 2.51. The molecule has 0 aliphatic carbocycles. The molecule has 1 heterocycles. The van der Waals surface area contributed by atoms with Gasteiger partial charge in [-0.1, -0.05) is 13.8 Å². The Morgan fingerprint density at radius 3 is 2.38 bits per heavy atom. The molecule has 0 saturated carbocycles. The number of amides is 2. The molecular weight excluding hydrogens is 280 g/mol. The van der Waals surface area contributed by atoms with Crippen LogP contribution >= 0.6 is 0 Å². The highest BCUT2D eigenvalue weighted by molar-refractivity contribution is 5.88. The molecule has 0 aromatic rings. The monoisotopic (exact) mass is 305 g/mol. The third kappa shape index (κ3) is 5.22. The number of carbonyl (C=O) groups is 2. The summed E-state index contributed by atoms with van der Waals surface area (Å²) in [5.74, 6) is -1.51. The van der Waals surface area contributed by atoms with E-state index in [0.717, 1.165) is 6.42 Å². The Balaban J connectivity index is 2.69. The zero-order chi connectivity index (χ0) is 16.2. The highest BCUT2D eigenvalue weighted by Crippen LogP contribution is 2.17. The Kier molecular flexibility index (Phi) is 6.51. The molecule has 1 aliphatic rings. The summed E-state index contributed by atoms with van der Waals surface area (Å²) in [6.07, 6.45) is -1.88. The van der Waals surface area contributed by atoms with Crippen molar-refractivity contribution < 1.29 is 18.4 Å². The highest BCUT2D eigenvalue weighted by atomic mass is 19.3. The molecule has 0 aromatic heterocycles. The molecule has 0 spiro atoms. The van der Waals surface area contributed by atoms with Crippen molar-refractivity contribution in [1.29, 1.82) is 0 Å². The van der Waals surface area contributed by atoms with Crippen LogP contribution in [0.5, 0.6) is 0 Å². The van der Waals surface area contributed by atoms with E-state index in [9.17, 15) is 18.4 Å². The summed E-state index contributed by atoms with van der Waals surface area (Å²) >= 11 is 0. The second-order valence-corrected chi connectivity index (χ2v) is 6.18. The van der Waals surface area contributed by atoms with Crippen LogP contribution in [0.25, 0.3) is 0 Å². The Morgan fingerprint density at radius 2 is 1.95 bits per heavy atom. The number of halogens is 2. The molecule has 0 bridgehead atoms. The minimum Gasteiger partial charge on any atom is -0.339 e. The molecule has 1 fully saturated rings. The molecule has 1 rings (SSSR count). The summed E-state index contributed by atoms with van der Waals surface area (Å²) in [6.45, 7) is 4.95. The molecule has 1 saturated heterocycles. The summed E-state index contributed by atoms with van der Waals surface area (Å²) < 4.78 is 24.8. The van der Waals surface area contributed by atoms with Crippen LogP contribution in [0.15, 0.2) is 0 Å². The minimum atomic E-state index is -3.10. The van der Waals surface area contributed by atoms with Crippen LogP contribution in [0.1, 0.15) is 26.7 Å². The van der Waals surface area contributed by atoms with E-state index in [0.29, 0.717) is 19.5 Å². The molecule has 2 amide bonds. The van der Waals surface area contributed by atoms with E-state index in [1.807, 2.05) is 32.8 Å². The first kappa shape index (κ1) is 17.8. The summed E-state index contributed by atoms with van der Waals surface area (Å²) in [7, 11) is 3.89. The molecule has 1 aliphatic heterocycles. The van der Waals surface area contributed by atoms with Gasteiger partial charge in [0.2, 0.25) is 5.91 Å².